The highest BCUT2D eigenvalue weighted by Crippen LogP contribution is 2.25. The van der Waals surface area contributed by atoms with Crippen LogP contribution in [0.3, 0.4) is 0 Å². The summed E-state index contributed by atoms with van der Waals surface area (Å²) in [7, 11) is -3.59. The van der Waals surface area contributed by atoms with E-state index < -0.39 is 10.0 Å². The third kappa shape index (κ3) is 4.91. The molecule has 2 aromatic rings. The Labute approximate surface area is 174 Å². The molecule has 28 heavy (non-hydrogen) atoms. The zero-order valence-corrected chi connectivity index (χ0v) is 17.2. The summed E-state index contributed by atoms with van der Waals surface area (Å²) >= 11 is 11.9. The zero-order valence-electron chi connectivity index (χ0n) is 14.9. The maximum absolute atomic E-state index is 12.7. The third-order valence-electron chi connectivity index (χ3n) is 4.56. The molecular weight excluding hydrogens is 421 g/mol. The van der Waals surface area contributed by atoms with Crippen LogP contribution < -0.4 is 5.43 Å². The highest BCUT2D eigenvalue weighted by atomic mass is 35.5. The summed E-state index contributed by atoms with van der Waals surface area (Å²) < 4.78 is 26.8. The van der Waals surface area contributed by atoms with Crippen molar-refractivity contribution in [3.05, 3.63) is 64.1 Å². The van der Waals surface area contributed by atoms with Gasteiger partial charge in [0.1, 0.15) is 0 Å². The molecule has 1 aliphatic rings. The van der Waals surface area contributed by atoms with Crippen molar-refractivity contribution in [2.24, 2.45) is 11.0 Å². The summed E-state index contributed by atoms with van der Waals surface area (Å²) in [4.78, 5) is 12.5. The van der Waals surface area contributed by atoms with Gasteiger partial charge >= 0.3 is 0 Å². The van der Waals surface area contributed by atoms with Crippen molar-refractivity contribution in [2.75, 3.05) is 13.1 Å². The van der Waals surface area contributed by atoms with Gasteiger partial charge in [-0.1, -0.05) is 41.4 Å². The minimum atomic E-state index is -3.59. The van der Waals surface area contributed by atoms with Gasteiger partial charge in [-0.3, -0.25) is 4.79 Å². The molecule has 3 rings (SSSR count). The number of piperidine rings is 1. The number of amides is 1. The van der Waals surface area contributed by atoms with Gasteiger partial charge in [0.15, 0.2) is 0 Å². The van der Waals surface area contributed by atoms with E-state index in [9.17, 15) is 13.2 Å². The fourth-order valence-corrected chi connectivity index (χ4v) is 4.73. The lowest BCUT2D eigenvalue weighted by Crippen LogP contribution is -2.42. The maximum Gasteiger partial charge on any atom is 0.243 e. The Morgan fingerprint density at radius 2 is 1.71 bits per heavy atom. The van der Waals surface area contributed by atoms with Gasteiger partial charge < -0.3 is 0 Å². The first-order valence-electron chi connectivity index (χ1n) is 8.71. The van der Waals surface area contributed by atoms with E-state index in [4.69, 9.17) is 23.2 Å². The second-order valence-electron chi connectivity index (χ2n) is 6.39. The fourth-order valence-electron chi connectivity index (χ4n) is 2.95. The minimum Gasteiger partial charge on any atom is -0.273 e. The number of hydrogen-bond donors (Lipinski definition) is 1. The van der Waals surface area contributed by atoms with Crippen LogP contribution in [0.5, 0.6) is 0 Å². The van der Waals surface area contributed by atoms with Gasteiger partial charge in [-0.15, -0.1) is 0 Å². The van der Waals surface area contributed by atoms with Crippen LogP contribution in [0.25, 0.3) is 0 Å². The molecular formula is C19H19Cl2N3O3S. The molecule has 0 unspecified atom stereocenters. The van der Waals surface area contributed by atoms with Crippen LogP contribution in [0, 0.1) is 5.92 Å². The summed E-state index contributed by atoms with van der Waals surface area (Å²) in [5.41, 5.74) is 3.21. The molecule has 0 aliphatic carbocycles. The molecule has 0 bridgehead atoms. The van der Waals surface area contributed by atoms with Gasteiger partial charge in [-0.05, 0) is 43.2 Å². The molecule has 1 N–H and O–H groups in total. The van der Waals surface area contributed by atoms with Gasteiger partial charge in [0.2, 0.25) is 15.9 Å². The molecule has 0 atom stereocenters. The number of carbonyl (C=O) groups is 1. The van der Waals surface area contributed by atoms with E-state index in [0.29, 0.717) is 28.5 Å². The van der Waals surface area contributed by atoms with E-state index in [-0.39, 0.29) is 29.8 Å². The Morgan fingerprint density at radius 1 is 1.07 bits per heavy atom. The number of hydrazone groups is 1. The van der Waals surface area contributed by atoms with E-state index in [1.54, 1.807) is 24.3 Å². The first-order chi connectivity index (χ1) is 13.4. The summed E-state index contributed by atoms with van der Waals surface area (Å²) in [6.07, 6.45) is 2.35. The fraction of sp³-hybridized carbons (Fsp3) is 0.263. The SMILES string of the molecule is O=C(N/N=C\c1ccccc1Cl)C1CCN(S(=O)(=O)c2ccc(Cl)cc2)CC1. The van der Waals surface area contributed by atoms with E-state index >= 15 is 0 Å². The van der Waals surface area contributed by atoms with Gasteiger partial charge in [0.25, 0.3) is 0 Å². The summed E-state index contributed by atoms with van der Waals surface area (Å²) in [6, 6.07) is 13.2. The van der Waals surface area contributed by atoms with Crippen LogP contribution in [0.4, 0.5) is 0 Å². The van der Waals surface area contributed by atoms with Crippen LogP contribution in [0.15, 0.2) is 58.5 Å². The average Bonchev–Trinajstić information content (AvgIpc) is 2.70. The standard InChI is InChI=1S/C19H19Cl2N3O3S/c20-16-5-7-17(8-6-16)28(26,27)24-11-9-14(10-12-24)19(25)23-22-13-15-3-1-2-4-18(15)21/h1-8,13-14H,9-12H2,(H,23,25)/b22-13-. The number of carbonyl (C=O) groups excluding carboxylic acids is 1. The lowest BCUT2D eigenvalue weighted by Gasteiger charge is -2.30. The molecule has 1 amide bonds. The van der Waals surface area contributed by atoms with E-state index in [1.807, 2.05) is 12.1 Å². The van der Waals surface area contributed by atoms with Crippen LogP contribution in [0.1, 0.15) is 18.4 Å². The van der Waals surface area contributed by atoms with Crippen LogP contribution >= 0.6 is 23.2 Å². The molecule has 9 heteroatoms. The molecule has 0 radical (unpaired) electrons. The summed E-state index contributed by atoms with van der Waals surface area (Å²) in [6.45, 7) is 0.550. The van der Waals surface area contributed by atoms with E-state index in [2.05, 4.69) is 10.5 Å². The average molecular weight is 440 g/mol. The van der Waals surface area contributed by atoms with Crippen molar-refractivity contribution >= 4 is 45.3 Å². The normalized spacial score (nSPS) is 16.4. The zero-order chi connectivity index (χ0) is 20.1. The first-order valence-corrected chi connectivity index (χ1v) is 10.9. The van der Waals surface area contributed by atoms with Crippen LogP contribution in [-0.4, -0.2) is 37.9 Å². The van der Waals surface area contributed by atoms with Crippen molar-refractivity contribution in [1.82, 2.24) is 9.73 Å². The summed E-state index contributed by atoms with van der Waals surface area (Å²) in [5.74, 6) is -0.521. The smallest absolute Gasteiger partial charge is 0.243 e. The van der Waals surface area contributed by atoms with Crippen LogP contribution in [0.2, 0.25) is 10.0 Å². The number of halogens is 2. The third-order valence-corrected chi connectivity index (χ3v) is 7.07. The summed E-state index contributed by atoms with van der Waals surface area (Å²) in [5, 5.41) is 4.97. The van der Waals surface area contributed by atoms with Crippen molar-refractivity contribution in [3.63, 3.8) is 0 Å². The molecule has 1 heterocycles. The highest BCUT2D eigenvalue weighted by Gasteiger charge is 2.32. The van der Waals surface area contributed by atoms with Gasteiger partial charge in [0.05, 0.1) is 11.1 Å². The van der Waals surface area contributed by atoms with E-state index in [0.717, 1.165) is 0 Å². The van der Waals surface area contributed by atoms with Crippen molar-refractivity contribution in [2.45, 2.75) is 17.7 Å². The Morgan fingerprint density at radius 3 is 2.36 bits per heavy atom. The Kier molecular flexibility index (Phi) is 6.72. The second-order valence-corrected chi connectivity index (χ2v) is 9.17. The quantitative estimate of drug-likeness (QED) is 0.571. The van der Waals surface area contributed by atoms with Crippen molar-refractivity contribution < 1.29 is 13.2 Å². The predicted octanol–water partition coefficient (Wildman–Crippen LogP) is 3.54. The maximum atomic E-state index is 12.7. The monoisotopic (exact) mass is 439 g/mol. The highest BCUT2D eigenvalue weighted by molar-refractivity contribution is 7.89. The topological polar surface area (TPSA) is 78.8 Å². The number of benzene rings is 2. The number of rotatable bonds is 5. The number of nitrogens with zero attached hydrogens (tertiary/aromatic N) is 2. The van der Waals surface area contributed by atoms with Crippen molar-refractivity contribution in [3.8, 4) is 0 Å². The molecule has 6 nitrogen and oxygen atoms in total. The van der Waals surface area contributed by atoms with Gasteiger partial charge in [-0.2, -0.15) is 9.41 Å². The van der Waals surface area contributed by atoms with Gasteiger partial charge in [0, 0.05) is 34.6 Å². The van der Waals surface area contributed by atoms with Crippen molar-refractivity contribution in [1.29, 1.82) is 0 Å². The second kappa shape index (κ2) is 9.05. The number of sulfonamides is 1. The molecule has 1 aliphatic heterocycles. The molecule has 0 saturated carbocycles. The molecule has 148 valence electrons. The first kappa shape index (κ1) is 20.8. The molecule has 0 aromatic heterocycles. The molecule has 1 fully saturated rings. The Balaban J connectivity index is 1.55. The predicted molar refractivity (Wildman–Crippen MR) is 110 cm³/mol. The Bertz CT molecular complexity index is 970. The van der Waals surface area contributed by atoms with Gasteiger partial charge in [-0.25, -0.2) is 13.8 Å². The van der Waals surface area contributed by atoms with Crippen LogP contribution in [-0.2, 0) is 14.8 Å². The minimum absolute atomic E-state index is 0.198. The number of nitrogens with one attached hydrogen (secondary N) is 1. The molecule has 2 aromatic carbocycles. The lowest BCUT2D eigenvalue weighted by atomic mass is 9.98. The Hall–Kier alpha value is -1.93. The lowest BCUT2D eigenvalue weighted by molar-refractivity contribution is -0.126. The van der Waals surface area contributed by atoms with E-state index in [1.165, 1.54) is 22.7 Å². The largest absolute Gasteiger partial charge is 0.273 e. The molecule has 1 saturated heterocycles. The number of hydrogen-bond acceptors (Lipinski definition) is 4. The molecule has 0 spiro atoms.